The summed E-state index contributed by atoms with van der Waals surface area (Å²) in [7, 11) is 1.97. The molecule has 0 radical (unpaired) electrons. The minimum Gasteiger partial charge on any atom is -0.302 e. The highest BCUT2D eigenvalue weighted by molar-refractivity contribution is 5.00. The Morgan fingerprint density at radius 3 is 2.76 bits per heavy atom. The van der Waals surface area contributed by atoms with Gasteiger partial charge in [0.25, 0.3) is 0 Å². The summed E-state index contributed by atoms with van der Waals surface area (Å²) in [5.74, 6) is 0.639. The number of rotatable bonds is 7. The Kier molecular flexibility index (Phi) is 5.71. The third-order valence-electron chi connectivity index (χ3n) is 2.77. The third-order valence-corrected chi connectivity index (χ3v) is 2.77. The summed E-state index contributed by atoms with van der Waals surface area (Å²) >= 11 is 0. The van der Waals surface area contributed by atoms with Crippen molar-refractivity contribution in [1.29, 1.82) is 5.26 Å². The Bertz CT molecular complexity index is 362. The minimum atomic E-state index is 0.609. The molecular weight excluding hydrogens is 212 g/mol. The van der Waals surface area contributed by atoms with Gasteiger partial charge in [0, 0.05) is 51.4 Å². The normalized spacial score (nSPS) is 11.1. The van der Waals surface area contributed by atoms with Crippen LogP contribution in [0.25, 0.3) is 0 Å². The van der Waals surface area contributed by atoms with Crippen LogP contribution in [0.3, 0.4) is 0 Å². The van der Waals surface area contributed by atoms with Crippen LogP contribution in [-0.2, 0) is 13.5 Å². The van der Waals surface area contributed by atoms with E-state index in [1.54, 1.807) is 0 Å². The van der Waals surface area contributed by atoms with Crippen LogP contribution in [0.5, 0.6) is 0 Å². The monoisotopic (exact) mass is 234 g/mol. The molecule has 1 aromatic rings. The molecule has 0 aliphatic rings. The van der Waals surface area contributed by atoms with Gasteiger partial charge in [0.2, 0.25) is 0 Å². The van der Waals surface area contributed by atoms with Crippen molar-refractivity contribution in [2.45, 2.75) is 26.7 Å². The summed E-state index contributed by atoms with van der Waals surface area (Å²) in [6, 6.07) is 4.27. The van der Waals surface area contributed by atoms with E-state index >= 15 is 0 Å². The zero-order chi connectivity index (χ0) is 12.7. The zero-order valence-electron chi connectivity index (χ0n) is 11.1. The highest BCUT2D eigenvalue weighted by Crippen LogP contribution is 2.04. The second-order valence-electron chi connectivity index (χ2n) is 4.80. The highest BCUT2D eigenvalue weighted by Gasteiger charge is 2.08. The van der Waals surface area contributed by atoms with Gasteiger partial charge in [0.05, 0.1) is 6.07 Å². The molecule has 0 aliphatic heterocycles. The number of hydrogen-bond acceptors (Lipinski definition) is 3. The lowest BCUT2D eigenvalue weighted by molar-refractivity contribution is 0.250. The molecule has 0 atom stereocenters. The number of nitriles is 1. The number of aromatic nitrogens is 2. The van der Waals surface area contributed by atoms with Gasteiger partial charge in [-0.05, 0) is 12.0 Å². The largest absolute Gasteiger partial charge is 0.302 e. The van der Waals surface area contributed by atoms with E-state index in [2.05, 4.69) is 36.0 Å². The quantitative estimate of drug-likeness (QED) is 0.723. The Hall–Kier alpha value is -1.34. The molecule has 17 heavy (non-hydrogen) atoms. The van der Waals surface area contributed by atoms with Crippen molar-refractivity contribution in [3.63, 3.8) is 0 Å². The van der Waals surface area contributed by atoms with E-state index in [0.717, 1.165) is 26.1 Å². The molecule has 0 N–H and O–H groups in total. The molecule has 0 saturated carbocycles. The molecule has 0 fully saturated rings. The van der Waals surface area contributed by atoms with Crippen molar-refractivity contribution < 1.29 is 0 Å². The smallest absolute Gasteiger partial charge is 0.0635 e. The Morgan fingerprint density at radius 2 is 2.24 bits per heavy atom. The van der Waals surface area contributed by atoms with Crippen molar-refractivity contribution in [2.24, 2.45) is 13.0 Å². The van der Waals surface area contributed by atoms with Crippen molar-refractivity contribution >= 4 is 0 Å². The van der Waals surface area contributed by atoms with E-state index in [1.165, 1.54) is 5.69 Å². The predicted octanol–water partition coefficient (Wildman–Crippen LogP) is 1.83. The maximum atomic E-state index is 8.65. The first-order valence-electron chi connectivity index (χ1n) is 6.19. The third kappa shape index (κ3) is 5.01. The van der Waals surface area contributed by atoms with E-state index in [1.807, 2.05) is 17.9 Å². The van der Waals surface area contributed by atoms with Crippen LogP contribution in [0.15, 0.2) is 12.3 Å². The lowest BCUT2D eigenvalue weighted by Crippen LogP contribution is -2.31. The summed E-state index contributed by atoms with van der Waals surface area (Å²) in [4.78, 5) is 2.36. The van der Waals surface area contributed by atoms with Crippen LogP contribution in [0.1, 0.15) is 26.0 Å². The van der Waals surface area contributed by atoms with Gasteiger partial charge in [-0.25, -0.2) is 0 Å². The van der Waals surface area contributed by atoms with E-state index in [9.17, 15) is 0 Å². The van der Waals surface area contributed by atoms with Crippen LogP contribution in [0, 0.1) is 17.2 Å². The van der Waals surface area contributed by atoms with Crippen molar-refractivity contribution in [3.8, 4) is 6.07 Å². The molecule has 0 unspecified atom stereocenters. The summed E-state index contributed by atoms with van der Waals surface area (Å²) in [5, 5.41) is 12.8. The molecule has 0 aromatic carbocycles. The fourth-order valence-electron chi connectivity index (χ4n) is 1.94. The van der Waals surface area contributed by atoms with Crippen LogP contribution in [0.2, 0.25) is 0 Å². The van der Waals surface area contributed by atoms with Crippen LogP contribution >= 0.6 is 0 Å². The fourth-order valence-corrected chi connectivity index (χ4v) is 1.94. The van der Waals surface area contributed by atoms with E-state index < -0.39 is 0 Å². The molecule has 0 spiro atoms. The lowest BCUT2D eigenvalue weighted by Gasteiger charge is -2.23. The summed E-state index contributed by atoms with van der Waals surface area (Å²) in [6.45, 7) is 7.35. The molecule has 1 rings (SSSR count). The molecule has 1 aromatic heterocycles. The van der Waals surface area contributed by atoms with Crippen LogP contribution in [-0.4, -0.2) is 34.3 Å². The highest BCUT2D eigenvalue weighted by atomic mass is 15.3. The Balaban J connectivity index is 2.43. The van der Waals surface area contributed by atoms with Crippen molar-refractivity contribution in [3.05, 3.63) is 18.0 Å². The lowest BCUT2D eigenvalue weighted by atomic mass is 10.2. The standard InChI is InChI=1S/C13H22N4/c1-12(2)11-17(9-4-7-14)10-6-13-5-8-15-16(13)3/h5,8,12H,4,6,9-11H2,1-3H3. The first-order chi connectivity index (χ1) is 8.13. The minimum absolute atomic E-state index is 0.609. The van der Waals surface area contributed by atoms with Gasteiger partial charge in [-0.3, -0.25) is 4.68 Å². The number of aryl methyl sites for hydroxylation is 1. The molecule has 94 valence electrons. The second-order valence-corrected chi connectivity index (χ2v) is 4.80. The number of hydrogen-bond donors (Lipinski definition) is 0. The van der Waals surface area contributed by atoms with Crippen molar-refractivity contribution in [1.82, 2.24) is 14.7 Å². The van der Waals surface area contributed by atoms with Gasteiger partial charge in [-0.2, -0.15) is 10.4 Å². The topological polar surface area (TPSA) is 44.9 Å². The maximum absolute atomic E-state index is 8.65. The molecule has 1 heterocycles. The van der Waals surface area contributed by atoms with Gasteiger partial charge in [-0.1, -0.05) is 13.8 Å². The molecular formula is C13H22N4. The Labute approximate surface area is 104 Å². The predicted molar refractivity (Wildman–Crippen MR) is 68.4 cm³/mol. The average molecular weight is 234 g/mol. The number of nitrogens with zero attached hydrogens (tertiary/aromatic N) is 4. The van der Waals surface area contributed by atoms with Crippen LogP contribution < -0.4 is 0 Å². The molecule has 0 aliphatic carbocycles. The van der Waals surface area contributed by atoms with E-state index in [-0.39, 0.29) is 0 Å². The summed E-state index contributed by atoms with van der Waals surface area (Å²) in [5.41, 5.74) is 1.25. The van der Waals surface area contributed by atoms with E-state index in [4.69, 9.17) is 5.26 Å². The Morgan fingerprint density at radius 1 is 1.47 bits per heavy atom. The zero-order valence-corrected chi connectivity index (χ0v) is 11.1. The maximum Gasteiger partial charge on any atom is 0.0635 e. The molecule has 4 heteroatoms. The molecule has 0 saturated heterocycles. The summed E-state index contributed by atoms with van der Waals surface area (Å²) in [6.07, 6.45) is 3.43. The first-order valence-corrected chi connectivity index (χ1v) is 6.19. The van der Waals surface area contributed by atoms with Crippen molar-refractivity contribution in [2.75, 3.05) is 19.6 Å². The van der Waals surface area contributed by atoms with Gasteiger partial charge in [0.15, 0.2) is 0 Å². The SMILES string of the molecule is CC(C)CN(CCC#N)CCc1ccnn1C. The average Bonchev–Trinajstić information content (AvgIpc) is 2.67. The molecule has 4 nitrogen and oxygen atoms in total. The fraction of sp³-hybridized carbons (Fsp3) is 0.692. The van der Waals surface area contributed by atoms with Gasteiger partial charge >= 0.3 is 0 Å². The second kappa shape index (κ2) is 7.08. The van der Waals surface area contributed by atoms with Crippen LogP contribution in [0.4, 0.5) is 0 Å². The van der Waals surface area contributed by atoms with E-state index in [0.29, 0.717) is 12.3 Å². The van der Waals surface area contributed by atoms with Gasteiger partial charge < -0.3 is 4.90 Å². The molecule has 0 amide bonds. The first kappa shape index (κ1) is 13.7. The van der Waals surface area contributed by atoms with Gasteiger partial charge in [0.1, 0.15) is 0 Å². The summed E-state index contributed by atoms with van der Waals surface area (Å²) < 4.78 is 1.91. The molecule has 0 bridgehead atoms. The van der Waals surface area contributed by atoms with Gasteiger partial charge in [-0.15, -0.1) is 0 Å².